The molecule has 0 atom stereocenters. The zero-order chi connectivity index (χ0) is 12.5. The van der Waals surface area contributed by atoms with Crippen molar-refractivity contribution in [3.05, 3.63) is 27.1 Å². The Labute approximate surface area is 114 Å². The molecule has 1 amide bonds. The van der Waals surface area contributed by atoms with Crippen LogP contribution in [0.1, 0.15) is 13.8 Å². The lowest BCUT2D eigenvalue weighted by molar-refractivity contribution is -0.120. The second-order valence-electron chi connectivity index (χ2n) is 4.17. The second-order valence-corrected chi connectivity index (χ2v) is 5.02. The van der Waals surface area contributed by atoms with Gasteiger partial charge in [0.05, 0.1) is 15.7 Å². The van der Waals surface area contributed by atoms with E-state index in [9.17, 15) is 9.59 Å². The Bertz CT molecular complexity index is 453. The van der Waals surface area contributed by atoms with E-state index in [2.05, 4.69) is 21.2 Å². The summed E-state index contributed by atoms with van der Waals surface area (Å²) in [7, 11) is 1.61. The van der Waals surface area contributed by atoms with Crippen LogP contribution in [-0.4, -0.2) is 16.0 Å². The van der Waals surface area contributed by atoms with Crippen molar-refractivity contribution in [3.63, 3.8) is 0 Å². The van der Waals surface area contributed by atoms with Crippen LogP contribution in [0.25, 0.3) is 0 Å². The Morgan fingerprint density at radius 3 is 2.47 bits per heavy atom. The number of aromatic nitrogens is 1. The summed E-state index contributed by atoms with van der Waals surface area (Å²) in [6, 6.07) is 1.55. The van der Waals surface area contributed by atoms with Crippen LogP contribution >= 0.6 is 28.3 Å². The molecule has 0 saturated carbocycles. The van der Waals surface area contributed by atoms with Crippen LogP contribution in [0.3, 0.4) is 0 Å². The highest BCUT2D eigenvalue weighted by molar-refractivity contribution is 9.10. The fourth-order valence-corrected chi connectivity index (χ4v) is 1.56. The van der Waals surface area contributed by atoms with E-state index >= 15 is 0 Å². The molecule has 3 N–H and O–H groups in total. The third kappa shape index (κ3) is 4.14. The fourth-order valence-electron chi connectivity index (χ4n) is 1.03. The van der Waals surface area contributed by atoms with Crippen LogP contribution in [0.2, 0.25) is 0 Å². The van der Waals surface area contributed by atoms with Crippen molar-refractivity contribution in [2.45, 2.75) is 19.4 Å². The Hall–Kier alpha value is -0.850. The minimum absolute atomic E-state index is 0. The maximum absolute atomic E-state index is 11.6. The molecule has 17 heavy (non-hydrogen) atoms. The summed E-state index contributed by atoms with van der Waals surface area (Å²) < 4.78 is 1.77. The Morgan fingerprint density at radius 1 is 1.53 bits per heavy atom. The quantitative estimate of drug-likeness (QED) is 0.859. The van der Waals surface area contributed by atoms with Crippen LogP contribution < -0.4 is 16.6 Å². The molecule has 0 fully saturated rings. The molecule has 0 aliphatic carbocycles. The number of pyridine rings is 1. The van der Waals surface area contributed by atoms with Gasteiger partial charge in [0.25, 0.3) is 5.56 Å². The van der Waals surface area contributed by atoms with Gasteiger partial charge in [-0.05, 0) is 35.8 Å². The first-order valence-electron chi connectivity index (χ1n) is 4.68. The minimum Gasteiger partial charge on any atom is -0.323 e. The molecule has 1 rings (SSSR count). The van der Waals surface area contributed by atoms with E-state index in [1.807, 2.05) is 0 Å². The number of carbonyl (C=O) groups excluding carboxylic acids is 1. The Morgan fingerprint density at radius 2 is 2.06 bits per heavy atom. The number of aryl methyl sites for hydroxylation is 1. The van der Waals surface area contributed by atoms with Crippen molar-refractivity contribution in [2.75, 3.05) is 5.32 Å². The molecule has 0 saturated heterocycles. The number of carbonyl (C=O) groups is 1. The second kappa shape index (κ2) is 5.66. The molecule has 1 aromatic heterocycles. The lowest BCUT2D eigenvalue weighted by Crippen LogP contribution is -2.45. The molecule has 0 spiro atoms. The van der Waals surface area contributed by atoms with E-state index in [4.69, 9.17) is 5.73 Å². The molecule has 1 heterocycles. The van der Waals surface area contributed by atoms with Crippen LogP contribution in [0.5, 0.6) is 0 Å². The number of halogens is 2. The highest BCUT2D eigenvalue weighted by Gasteiger charge is 2.22. The van der Waals surface area contributed by atoms with E-state index in [0.29, 0.717) is 10.2 Å². The molecule has 0 radical (unpaired) electrons. The van der Waals surface area contributed by atoms with Crippen molar-refractivity contribution in [2.24, 2.45) is 12.8 Å². The fraction of sp³-hybridized carbons (Fsp3) is 0.400. The first-order valence-corrected chi connectivity index (χ1v) is 5.47. The third-order valence-corrected chi connectivity index (χ3v) is 2.55. The third-order valence-electron chi connectivity index (χ3n) is 1.98. The van der Waals surface area contributed by atoms with Crippen molar-refractivity contribution in [1.29, 1.82) is 0 Å². The van der Waals surface area contributed by atoms with Crippen LogP contribution in [0.15, 0.2) is 21.5 Å². The Kier molecular flexibility index (Phi) is 5.38. The summed E-state index contributed by atoms with van der Waals surface area (Å²) in [5.74, 6) is -0.307. The van der Waals surface area contributed by atoms with E-state index < -0.39 is 5.54 Å². The minimum atomic E-state index is -0.957. The zero-order valence-electron chi connectivity index (χ0n) is 9.78. The van der Waals surface area contributed by atoms with E-state index in [0.717, 1.165) is 0 Å². The van der Waals surface area contributed by atoms with Gasteiger partial charge < -0.3 is 15.6 Å². The lowest BCUT2D eigenvalue weighted by Gasteiger charge is -2.18. The van der Waals surface area contributed by atoms with Gasteiger partial charge >= 0.3 is 0 Å². The number of nitrogens with two attached hydrogens (primary N) is 1. The predicted molar refractivity (Wildman–Crippen MR) is 73.5 cm³/mol. The van der Waals surface area contributed by atoms with Gasteiger partial charge in [-0.2, -0.15) is 0 Å². The highest BCUT2D eigenvalue weighted by Crippen LogP contribution is 2.12. The average molecular weight is 325 g/mol. The number of hydrogen-bond acceptors (Lipinski definition) is 3. The SMILES string of the molecule is Cl.Cn1cc(NC(=O)C(C)(C)N)cc(Br)c1=O. The van der Waals surface area contributed by atoms with Gasteiger partial charge in [0.1, 0.15) is 0 Å². The molecule has 0 aliphatic heterocycles. The summed E-state index contributed by atoms with van der Waals surface area (Å²) >= 11 is 3.12. The standard InChI is InChI=1S/C10H14BrN3O2.ClH/c1-10(2,12)9(16)13-6-4-7(11)8(15)14(3)5-6;/h4-5H,12H2,1-3H3,(H,13,16);1H. The van der Waals surface area contributed by atoms with Crippen molar-refractivity contribution in [1.82, 2.24) is 4.57 Å². The number of hydrogen-bond donors (Lipinski definition) is 2. The lowest BCUT2D eigenvalue weighted by atomic mass is 10.1. The topological polar surface area (TPSA) is 77.1 Å². The van der Waals surface area contributed by atoms with Gasteiger partial charge in [0.2, 0.25) is 5.91 Å². The molecular formula is C10H15BrClN3O2. The summed E-state index contributed by atoms with van der Waals surface area (Å²) in [5, 5.41) is 2.64. The highest BCUT2D eigenvalue weighted by atomic mass is 79.9. The van der Waals surface area contributed by atoms with Gasteiger partial charge in [0.15, 0.2) is 0 Å². The molecule has 1 aromatic rings. The smallest absolute Gasteiger partial charge is 0.264 e. The van der Waals surface area contributed by atoms with Gasteiger partial charge in [-0.1, -0.05) is 0 Å². The first kappa shape index (κ1) is 16.1. The van der Waals surface area contributed by atoms with Gasteiger partial charge in [0, 0.05) is 13.2 Å². The van der Waals surface area contributed by atoms with Crippen molar-refractivity contribution >= 4 is 39.9 Å². The zero-order valence-corrected chi connectivity index (χ0v) is 12.2. The van der Waals surface area contributed by atoms with Crippen molar-refractivity contribution < 1.29 is 4.79 Å². The number of nitrogens with one attached hydrogen (secondary N) is 1. The van der Waals surface area contributed by atoms with Crippen LogP contribution in [0.4, 0.5) is 5.69 Å². The monoisotopic (exact) mass is 323 g/mol. The molecule has 96 valence electrons. The summed E-state index contributed by atoms with van der Waals surface area (Å²) in [5.41, 5.74) is 5.05. The molecule has 0 unspecified atom stereocenters. The average Bonchev–Trinajstić information content (AvgIpc) is 2.12. The van der Waals surface area contributed by atoms with E-state index in [1.54, 1.807) is 27.0 Å². The number of amides is 1. The van der Waals surface area contributed by atoms with Gasteiger partial charge in [-0.3, -0.25) is 9.59 Å². The largest absolute Gasteiger partial charge is 0.323 e. The number of nitrogens with zero attached hydrogens (tertiary/aromatic N) is 1. The molecular weight excluding hydrogens is 309 g/mol. The van der Waals surface area contributed by atoms with E-state index in [-0.39, 0.29) is 23.9 Å². The summed E-state index contributed by atoms with van der Waals surface area (Å²) in [4.78, 5) is 23.0. The normalized spacial score (nSPS) is 10.6. The summed E-state index contributed by atoms with van der Waals surface area (Å²) in [6.07, 6.45) is 1.54. The number of rotatable bonds is 2. The van der Waals surface area contributed by atoms with Crippen LogP contribution in [0, 0.1) is 0 Å². The van der Waals surface area contributed by atoms with Gasteiger partial charge in [-0.25, -0.2) is 0 Å². The van der Waals surface area contributed by atoms with Gasteiger partial charge in [-0.15, -0.1) is 12.4 Å². The molecule has 7 heteroatoms. The summed E-state index contributed by atoms with van der Waals surface area (Å²) in [6.45, 7) is 3.22. The molecule has 5 nitrogen and oxygen atoms in total. The van der Waals surface area contributed by atoms with Crippen molar-refractivity contribution in [3.8, 4) is 0 Å². The van der Waals surface area contributed by atoms with Crippen LogP contribution in [-0.2, 0) is 11.8 Å². The maximum Gasteiger partial charge on any atom is 0.264 e. The molecule has 0 aliphatic rings. The predicted octanol–water partition coefficient (Wildman–Crippen LogP) is 1.25. The maximum atomic E-state index is 11.6. The Balaban J connectivity index is 0.00000256. The molecule has 0 bridgehead atoms. The van der Waals surface area contributed by atoms with E-state index in [1.165, 1.54) is 10.8 Å². The first-order chi connectivity index (χ1) is 7.21. The number of anilines is 1. The molecule has 0 aromatic carbocycles.